The van der Waals surface area contributed by atoms with E-state index < -0.39 is 0 Å². The van der Waals surface area contributed by atoms with E-state index in [0.29, 0.717) is 0 Å². The zero-order chi connectivity index (χ0) is 18.4. The molecule has 0 aliphatic carbocycles. The van der Waals surface area contributed by atoms with E-state index in [0.717, 1.165) is 33.7 Å². The molecule has 0 unspecified atom stereocenters. The van der Waals surface area contributed by atoms with Gasteiger partial charge in [-0.05, 0) is 35.7 Å². The average molecular weight is 441 g/mol. The van der Waals surface area contributed by atoms with Crippen LogP contribution in [0, 0.1) is 0 Å². The maximum absolute atomic E-state index is 6.41. The minimum atomic E-state index is -0.313. The van der Waals surface area contributed by atoms with Gasteiger partial charge in [0.1, 0.15) is 11.5 Å². The predicted octanol–water partition coefficient (Wildman–Crippen LogP) is 5.76. The van der Waals surface area contributed by atoms with E-state index in [2.05, 4.69) is 50.6 Å². The maximum atomic E-state index is 6.41. The Balaban J connectivity index is 1.63. The topological polar surface area (TPSA) is 34.1 Å². The van der Waals surface area contributed by atoms with Crippen molar-refractivity contribution in [1.82, 2.24) is 5.01 Å². The van der Waals surface area contributed by atoms with Crippen LogP contribution < -0.4 is 9.47 Å². The molecule has 2 aromatic carbocycles. The van der Waals surface area contributed by atoms with Gasteiger partial charge in [-0.2, -0.15) is 5.10 Å². The number of halogens is 1. The minimum absolute atomic E-state index is 0.162. The van der Waals surface area contributed by atoms with Crippen LogP contribution in [0.5, 0.6) is 11.5 Å². The second-order valence-electron chi connectivity index (χ2n) is 6.52. The van der Waals surface area contributed by atoms with Crippen LogP contribution in [-0.2, 0) is 0 Å². The van der Waals surface area contributed by atoms with Gasteiger partial charge in [0.25, 0.3) is 0 Å². The molecule has 2 aliphatic rings. The third-order valence-electron chi connectivity index (χ3n) is 4.97. The summed E-state index contributed by atoms with van der Waals surface area (Å²) in [6.07, 6.45) is 0.561. The van der Waals surface area contributed by atoms with Gasteiger partial charge in [0.15, 0.2) is 0 Å². The van der Waals surface area contributed by atoms with Crippen molar-refractivity contribution >= 4 is 33.0 Å². The predicted molar refractivity (Wildman–Crippen MR) is 111 cm³/mol. The number of rotatable bonds is 3. The molecule has 0 amide bonds. The second kappa shape index (κ2) is 6.69. The van der Waals surface area contributed by atoms with Crippen molar-refractivity contribution in [2.24, 2.45) is 5.10 Å². The molecule has 2 aliphatic heterocycles. The van der Waals surface area contributed by atoms with Crippen LogP contribution >= 0.6 is 27.3 Å². The lowest BCUT2D eigenvalue weighted by Crippen LogP contribution is -2.33. The summed E-state index contributed by atoms with van der Waals surface area (Å²) in [7, 11) is 1.68. The number of methoxy groups -OCH3 is 1. The molecular weight excluding hydrogens is 424 g/mol. The smallest absolute Gasteiger partial charge is 0.215 e. The summed E-state index contributed by atoms with van der Waals surface area (Å²) < 4.78 is 12.8. The highest BCUT2D eigenvalue weighted by Gasteiger charge is 2.41. The molecule has 0 fully saturated rings. The molecule has 2 atom stereocenters. The number of para-hydroxylation sites is 1. The molecule has 3 aromatic rings. The van der Waals surface area contributed by atoms with Crippen LogP contribution in [0.2, 0.25) is 0 Å². The van der Waals surface area contributed by atoms with Gasteiger partial charge in [0.05, 0.1) is 23.7 Å². The summed E-state index contributed by atoms with van der Waals surface area (Å²) in [5, 5.41) is 9.17. The largest absolute Gasteiger partial charge is 0.497 e. The number of thiophene rings is 1. The van der Waals surface area contributed by atoms with E-state index in [4.69, 9.17) is 14.6 Å². The van der Waals surface area contributed by atoms with E-state index in [-0.39, 0.29) is 12.3 Å². The first-order chi connectivity index (χ1) is 13.2. The van der Waals surface area contributed by atoms with Gasteiger partial charge in [-0.25, -0.2) is 5.01 Å². The van der Waals surface area contributed by atoms with Crippen molar-refractivity contribution in [1.29, 1.82) is 0 Å². The van der Waals surface area contributed by atoms with Crippen molar-refractivity contribution in [3.63, 3.8) is 0 Å². The summed E-state index contributed by atoms with van der Waals surface area (Å²) in [6, 6.07) is 18.6. The van der Waals surface area contributed by atoms with E-state index >= 15 is 0 Å². The molecule has 3 heterocycles. The Labute approximate surface area is 170 Å². The van der Waals surface area contributed by atoms with Crippen LogP contribution in [-0.4, -0.2) is 17.8 Å². The number of ether oxygens (including phenoxy) is 2. The Morgan fingerprint density at radius 2 is 2.04 bits per heavy atom. The van der Waals surface area contributed by atoms with Crippen molar-refractivity contribution < 1.29 is 9.47 Å². The lowest BCUT2D eigenvalue weighted by atomic mass is 9.97. The zero-order valence-electron chi connectivity index (χ0n) is 14.6. The maximum Gasteiger partial charge on any atom is 0.215 e. The van der Waals surface area contributed by atoms with E-state index in [1.807, 2.05) is 30.3 Å². The zero-order valence-corrected chi connectivity index (χ0v) is 17.0. The molecule has 0 saturated carbocycles. The number of nitrogens with zero attached hydrogens (tertiary/aromatic N) is 2. The first-order valence-corrected chi connectivity index (χ1v) is 10.4. The summed E-state index contributed by atoms with van der Waals surface area (Å²) >= 11 is 5.40. The molecular formula is C21H17BrN2O2S. The van der Waals surface area contributed by atoms with Gasteiger partial charge in [-0.3, -0.25) is 0 Å². The van der Waals surface area contributed by atoms with Crippen molar-refractivity contribution in [2.45, 2.75) is 18.7 Å². The first-order valence-electron chi connectivity index (χ1n) is 8.73. The molecule has 4 nitrogen and oxygen atoms in total. The van der Waals surface area contributed by atoms with Crippen LogP contribution in [0.15, 0.2) is 69.6 Å². The summed E-state index contributed by atoms with van der Waals surface area (Å²) in [5.41, 5.74) is 3.30. The quantitative estimate of drug-likeness (QED) is 0.518. The Hall–Kier alpha value is -2.31. The Morgan fingerprint density at radius 3 is 2.85 bits per heavy atom. The highest BCUT2D eigenvalue weighted by molar-refractivity contribution is 9.10. The molecule has 0 N–H and O–H groups in total. The Bertz CT molecular complexity index is 1020. The number of hydrazone groups is 1. The number of hydrogen-bond donors (Lipinski definition) is 0. The molecule has 0 spiro atoms. The van der Waals surface area contributed by atoms with Crippen molar-refractivity contribution in [2.75, 3.05) is 7.11 Å². The lowest BCUT2D eigenvalue weighted by Gasteiger charge is -2.38. The van der Waals surface area contributed by atoms with Gasteiger partial charge in [-0.1, -0.05) is 40.2 Å². The first kappa shape index (κ1) is 16.8. The average Bonchev–Trinajstić information content (AvgIpc) is 3.37. The van der Waals surface area contributed by atoms with E-state index in [9.17, 15) is 0 Å². The Kier molecular flexibility index (Phi) is 4.17. The fourth-order valence-electron chi connectivity index (χ4n) is 3.67. The van der Waals surface area contributed by atoms with Crippen LogP contribution in [0.25, 0.3) is 0 Å². The van der Waals surface area contributed by atoms with Gasteiger partial charge in [-0.15, -0.1) is 11.3 Å². The molecule has 5 rings (SSSR count). The molecule has 0 saturated heterocycles. The molecule has 0 radical (unpaired) electrons. The third-order valence-corrected chi connectivity index (χ3v) is 6.61. The third kappa shape index (κ3) is 2.84. The summed E-state index contributed by atoms with van der Waals surface area (Å²) in [4.78, 5) is 1.21. The van der Waals surface area contributed by atoms with E-state index in [1.54, 1.807) is 18.4 Å². The normalized spacial score (nSPS) is 20.5. The highest BCUT2D eigenvalue weighted by atomic mass is 79.9. The lowest BCUT2D eigenvalue weighted by molar-refractivity contribution is -0.0196. The van der Waals surface area contributed by atoms with Gasteiger partial charge < -0.3 is 9.47 Å². The van der Waals surface area contributed by atoms with Crippen molar-refractivity contribution in [3.05, 3.63) is 80.5 Å². The standard InChI is InChI=1S/C21H17BrN2O2S/c1-25-13-8-9-16(22)15(11-13)21-24-18(14-5-2-3-6-19(14)26-21)12-17(23-24)20-7-4-10-27-20/h2-11,18,21H,12H2,1H3/t18-,21-/m1/s1. The Morgan fingerprint density at radius 1 is 1.15 bits per heavy atom. The summed E-state index contributed by atoms with van der Waals surface area (Å²) in [5.74, 6) is 1.72. The van der Waals surface area contributed by atoms with E-state index in [1.165, 1.54) is 10.4 Å². The molecule has 0 bridgehead atoms. The van der Waals surface area contributed by atoms with Crippen LogP contribution in [0.1, 0.15) is 34.7 Å². The monoisotopic (exact) mass is 440 g/mol. The fraction of sp³-hybridized carbons (Fsp3) is 0.190. The minimum Gasteiger partial charge on any atom is -0.497 e. The second-order valence-corrected chi connectivity index (χ2v) is 8.32. The molecule has 27 heavy (non-hydrogen) atoms. The van der Waals surface area contributed by atoms with Gasteiger partial charge >= 0.3 is 0 Å². The number of benzene rings is 2. The number of fused-ring (bicyclic) bond motifs is 3. The fourth-order valence-corrected chi connectivity index (χ4v) is 4.83. The highest BCUT2D eigenvalue weighted by Crippen LogP contribution is 2.49. The summed E-state index contributed by atoms with van der Waals surface area (Å²) in [6.45, 7) is 0. The molecule has 6 heteroatoms. The van der Waals surface area contributed by atoms with Gasteiger partial charge in [0.2, 0.25) is 6.23 Å². The van der Waals surface area contributed by atoms with Crippen LogP contribution in [0.3, 0.4) is 0 Å². The van der Waals surface area contributed by atoms with Crippen molar-refractivity contribution in [3.8, 4) is 11.5 Å². The molecule has 1 aromatic heterocycles. The van der Waals surface area contributed by atoms with Gasteiger partial charge in [0, 0.05) is 22.0 Å². The molecule has 136 valence electrons. The number of hydrogen-bond acceptors (Lipinski definition) is 5. The van der Waals surface area contributed by atoms with Crippen LogP contribution in [0.4, 0.5) is 0 Å². The SMILES string of the molecule is COc1ccc(Br)c([C@H]2Oc3ccccc3[C@H]3CC(c4cccs4)=NN32)c1.